The number of halogens is 2. The third-order valence-electron chi connectivity index (χ3n) is 3.37. The van der Waals surface area contributed by atoms with Gasteiger partial charge in [-0.05, 0) is 55.8 Å². The van der Waals surface area contributed by atoms with Crippen LogP contribution in [0.25, 0.3) is 0 Å². The third kappa shape index (κ3) is 4.19. The Bertz CT molecular complexity index is 603. The molecule has 112 valence electrons. The Kier molecular flexibility index (Phi) is 5.59. The van der Waals surface area contributed by atoms with E-state index >= 15 is 0 Å². The highest BCUT2D eigenvalue weighted by molar-refractivity contribution is 6.30. The first kappa shape index (κ1) is 15.8. The lowest BCUT2D eigenvalue weighted by molar-refractivity contribution is 0.334. The monoisotopic (exact) mass is 307 g/mol. The molecule has 0 aliphatic rings. The zero-order chi connectivity index (χ0) is 15.2. The molecule has 2 aromatic carbocycles. The summed E-state index contributed by atoms with van der Waals surface area (Å²) in [5.74, 6) is 0.584. The van der Waals surface area contributed by atoms with Gasteiger partial charge in [-0.25, -0.2) is 4.39 Å². The second-order valence-corrected chi connectivity index (χ2v) is 5.32. The lowest BCUT2D eigenvalue weighted by atomic mass is 9.91. The maximum atomic E-state index is 13.3. The maximum Gasteiger partial charge on any atom is 0.123 e. The average molecular weight is 308 g/mol. The molecule has 2 aromatic rings. The summed E-state index contributed by atoms with van der Waals surface area (Å²) in [5, 5.41) is 0.645. The Morgan fingerprint density at radius 3 is 2.71 bits per heavy atom. The molecule has 4 heteroatoms. The van der Waals surface area contributed by atoms with Gasteiger partial charge in [0.25, 0.3) is 0 Å². The van der Waals surface area contributed by atoms with E-state index in [0.717, 1.165) is 16.9 Å². The lowest BCUT2D eigenvalue weighted by Gasteiger charge is -2.19. The van der Waals surface area contributed by atoms with Crippen LogP contribution in [0, 0.1) is 5.82 Å². The van der Waals surface area contributed by atoms with Gasteiger partial charge in [0.05, 0.1) is 6.61 Å². The van der Waals surface area contributed by atoms with E-state index in [0.29, 0.717) is 24.6 Å². The maximum absolute atomic E-state index is 13.3. The predicted molar refractivity (Wildman–Crippen MR) is 84.5 cm³/mol. The molecule has 0 spiro atoms. The Labute approximate surface area is 129 Å². The summed E-state index contributed by atoms with van der Waals surface area (Å²) in [7, 11) is 0. The van der Waals surface area contributed by atoms with Gasteiger partial charge in [-0.1, -0.05) is 23.7 Å². The highest BCUT2D eigenvalue weighted by atomic mass is 35.5. The van der Waals surface area contributed by atoms with Crippen molar-refractivity contribution in [2.24, 2.45) is 5.73 Å². The molecule has 0 aliphatic carbocycles. The van der Waals surface area contributed by atoms with Gasteiger partial charge >= 0.3 is 0 Å². The number of hydrogen-bond acceptors (Lipinski definition) is 2. The molecule has 0 saturated carbocycles. The number of nitrogens with two attached hydrogens (primary N) is 1. The van der Waals surface area contributed by atoms with Crippen molar-refractivity contribution in [1.29, 1.82) is 0 Å². The summed E-state index contributed by atoms with van der Waals surface area (Å²) >= 11 is 6.09. The second-order valence-electron chi connectivity index (χ2n) is 4.88. The van der Waals surface area contributed by atoms with Crippen LogP contribution in [0.15, 0.2) is 42.5 Å². The summed E-state index contributed by atoms with van der Waals surface area (Å²) in [6.07, 6.45) is 0.647. The van der Waals surface area contributed by atoms with E-state index in [-0.39, 0.29) is 11.7 Å². The lowest BCUT2D eigenvalue weighted by Crippen LogP contribution is -2.16. The summed E-state index contributed by atoms with van der Waals surface area (Å²) in [6.45, 7) is 2.95. The Hall–Kier alpha value is -1.58. The van der Waals surface area contributed by atoms with Crippen LogP contribution in [-0.4, -0.2) is 13.2 Å². The van der Waals surface area contributed by atoms with Crippen LogP contribution < -0.4 is 10.5 Å². The van der Waals surface area contributed by atoms with Crippen LogP contribution in [0.1, 0.15) is 24.0 Å². The molecular weight excluding hydrogens is 289 g/mol. The van der Waals surface area contributed by atoms with Gasteiger partial charge < -0.3 is 10.5 Å². The quantitative estimate of drug-likeness (QED) is 0.869. The second kappa shape index (κ2) is 7.43. The third-order valence-corrected chi connectivity index (χ3v) is 3.60. The van der Waals surface area contributed by atoms with E-state index in [9.17, 15) is 4.39 Å². The van der Waals surface area contributed by atoms with Crippen molar-refractivity contribution in [2.75, 3.05) is 13.2 Å². The fourth-order valence-corrected chi connectivity index (χ4v) is 2.57. The zero-order valence-electron chi connectivity index (χ0n) is 12.0. The van der Waals surface area contributed by atoms with Gasteiger partial charge in [-0.3, -0.25) is 0 Å². The highest BCUT2D eigenvalue weighted by Gasteiger charge is 2.16. The van der Waals surface area contributed by atoms with Crippen LogP contribution >= 0.6 is 11.6 Å². The topological polar surface area (TPSA) is 35.2 Å². The van der Waals surface area contributed by atoms with Gasteiger partial charge in [0, 0.05) is 16.5 Å². The first-order valence-corrected chi connectivity index (χ1v) is 7.38. The highest BCUT2D eigenvalue weighted by Crippen LogP contribution is 2.31. The van der Waals surface area contributed by atoms with Crippen LogP contribution in [-0.2, 0) is 6.42 Å². The largest absolute Gasteiger partial charge is 0.494 e. The molecule has 1 atom stereocenters. The molecule has 0 aromatic heterocycles. The molecule has 21 heavy (non-hydrogen) atoms. The SMILES string of the molecule is CCOc1ccc(Cl)cc1C(CN)Cc1cccc(F)c1. The standard InChI is InChI=1S/C17H19ClFNO/c1-2-21-17-7-6-14(18)10-16(17)13(11-20)8-12-4-3-5-15(19)9-12/h3-7,9-10,13H,2,8,11,20H2,1H3. The predicted octanol–water partition coefficient (Wildman–Crippen LogP) is 4.16. The number of hydrogen-bond donors (Lipinski definition) is 1. The average Bonchev–Trinajstić information content (AvgIpc) is 2.47. The molecule has 0 heterocycles. The first-order valence-electron chi connectivity index (χ1n) is 7.00. The van der Waals surface area contributed by atoms with E-state index in [4.69, 9.17) is 22.1 Å². The van der Waals surface area contributed by atoms with Gasteiger partial charge in [-0.2, -0.15) is 0 Å². The van der Waals surface area contributed by atoms with Gasteiger partial charge in [-0.15, -0.1) is 0 Å². The van der Waals surface area contributed by atoms with Gasteiger partial charge in [0.2, 0.25) is 0 Å². The molecule has 0 saturated heterocycles. The van der Waals surface area contributed by atoms with Crippen molar-refractivity contribution in [1.82, 2.24) is 0 Å². The molecule has 2 N–H and O–H groups in total. The minimum Gasteiger partial charge on any atom is -0.494 e. The molecule has 0 bridgehead atoms. The van der Waals surface area contributed by atoms with Crippen molar-refractivity contribution in [3.05, 3.63) is 64.4 Å². The Morgan fingerprint density at radius 2 is 2.05 bits per heavy atom. The Balaban J connectivity index is 2.30. The first-order chi connectivity index (χ1) is 10.1. The van der Waals surface area contributed by atoms with Crippen LogP contribution in [0.4, 0.5) is 4.39 Å². The van der Waals surface area contributed by atoms with Crippen LogP contribution in [0.2, 0.25) is 5.02 Å². The normalized spacial score (nSPS) is 12.2. The number of benzene rings is 2. The fourth-order valence-electron chi connectivity index (χ4n) is 2.39. The summed E-state index contributed by atoms with van der Waals surface area (Å²) in [6, 6.07) is 12.1. The van der Waals surface area contributed by atoms with Crippen molar-refractivity contribution >= 4 is 11.6 Å². The summed E-state index contributed by atoms with van der Waals surface area (Å²) in [5.41, 5.74) is 7.79. The minimum absolute atomic E-state index is 0.0343. The summed E-state index contributed by atoms with van der Waals surface area (Å²) < 4.78 is 19.0. The van der Waals surface area contributed by atoms with Crippen molar-refractivity contribution in [3.63, 3.8) is 0 Å². The van der Waals surface area contributed by atoms with Gasteiger partial charge in [0.1, 0.15) is 11.6 Å². The van der Waals surface area contributed by atoms with E-state index in [1.165, 1.54) is 12.1 Å². The van der Waals surface area contributed by atoms with Gasteiger partial charge in [0.15, 0.2) is 0 Å². The summed E-state index contributed by atoms with van der Waals surface area (Å²) in [4.78, 5) is 0. The molecule has 0 fully saturated rings. The smallest absolute Gasteiger partial charge is 0.123 e. The molecule has 2 rings (SSSR count). The molecule has 2 nitrogen and oxygen atoms in total. The van der Waals surface area contributed by atoms with Crippen molar-refractivity contribution < 1.29 is 9.13 Å². The van der Waals surface area contributed by atoms with Crippen LogP contribution in [0.3, 0.4) is 0 Å². The molecule has 0 aliphatic heterocycles. The zero-order valence-corrected chi connectivity index (χ0v) is 12.7. The van der Waals surface area contributed by atoms with Crippen molar-refractivity contribution in [2.45, 2.75) is 19.3 Å². The molecule has 0 amide bonds. The molecule has 0 radical (unpaired) electrons. The fraction of sp³-hybridized carbons (Fsp3) is 0.294. The Morgan fingerprint density at radius 1 is 1.24 bits per heavy atom. The van der Waals surface area contributed by atoms with E-state index in [1.54, 1.807) is 12.1 Å². The molecular formula is C17H19ClFNO. The number of ether oxygens (including phenoxy) is 1. The van der Waals surface area contributed by atoms with Crippen LogP contribution in [0.5, 0.6) is 5.75 Å². The van der Waals surface area contributed by atoms with E-state index in [1.807, 2.05) is 25.1 Å². The number of rotatable bonds is 6. The van der Waals surface area contributed by atoms with Crippen molar-refractivity contribution in [3.8, 4) is 5.75 Å². The minimum atomic E-state index is -0.237. The van der Waals surface area contributed by atoms with E-state index < -0.39 is 0 Å². The van der Waals surface area contributed by atoms with E-state index in [2.05, 4.69) is 0 Å². The molecule has 1 unspecified atom stereocenters.